The molecule has 6 nitrogen and oxygen atoms in total. The van der Waals surface area contributed by atoms with Crippen LogP contribution < -0.4 is 10.6 Å². The highest BCUT2D eigenvalue weighted by Crippen LogP contribution is 2.18. The summed E-state index contributed by atoms with van der Waals surface area (Å²) in [5, 5.41) is 5.44. The second-order valence-corrected chi connectivity index (χ2v) is 5.71. The number of nitrogens with zero attached hydrogens (tertiary/aromatic N) is 3. The van der Waals surface area contributed by atoms with Crippen molar-refractivity contribution in [2.75, 3.05) is 5.32 Å². The average Bonchev–Trinajstić information content (AvgIpc) is 2.46. The minimum absolute atomic E-state index is 0.110. The maximum atomic E-state index is 11.8. The zero-order valence-electron chi connectivity index (χ0n) is 12.4. The second kappa shape index (κ2) is 6.30. The highest BCUT2D eigenvalue weighted by Gasteiger charge is 2.16. The Kier molecular flexibility index (Phi) is 4.47. The Morgan fingerprint density at radius 1 is 1.19 bits per heavy atom. The van der Waals surface area contributed by atoms with Crippen LogP contribution in [0.4, 0.5) is 10.5 Å². The van der Waals surface area contributed by atoms with E-state index in [1.807, 2.05) is 32.9 Å². The van der Waals surface area contributed by atoms with Crippen LogP contribution in [0.2, 0.25) is 0 Å². The lowest BCUT2D eigenvalue weighted by Gasteiger charge is -2.16. The van der Waals surface area contributed by atoms with Gasteiger partial charge in [0, 0.05) is 24.4 Å². The van der Waals surface area contributed by atoms with Crippen LogP contribution in [0, 0.1) is 0 Å². The minimum Gasteiger partial charge on any atom is -0.334 e. The molecule has 0 bridgehead atoms. The molecule has 2 aromatic heterocycles. The second-order valence-electron chi connectivity index (χ2n) is 5.71. The summed E-state index contributed by atoms with van der Waals surface area (Å²) in [6.45, 7) is 6.53. The van der Waals surface area contributed by atoms with Crippen LogP contribution in [0.5, 0.6) is 0 Å². The molecule has 0 saturated heterocycles. The van der Waals surface area contributed by atoms with E-state index in [-0.39, 0.29) is 11.4 Å². The molecule has 2 rings (SSSR count). The highest BCUT2D eigenvalue weighted by atomic mass is 16.2. The molecule has 0 aliphatic rings. The van der Waals surface area contributed by atoms with Gasteiger partial charge in [-0.15, -0.1) is 0 Å². The van der Waals surface area contributed by atoms with Crippen molar-refractivity contribution in [1.29, 1.82) is 0 Å². The van der Waals surface area contributed by atoms with Crippen molar-refractivity contribution in [3.05, 3.63) is 48.3 Å². The van der Waals surface area contributed by atoms with Gasteiger partial charge in [0.2, 0.25) is 0 Å². The van der Waals surface area contributed by atoms with E-state index in [2.05, 4.69) is 25.6 Å². The van der Waals surface area contributed by atoms with Crippen molar-refractivity contribution in [1.82, 2.24) is 20.3 Å². The van der Waals surface area contributed by atoms with Crippen molar-refractivity contribution in [2.45, 2.75) is 32.7 Å². The van der Waals surface area contributed by atoms with Gasteiger partial charge in [-0.05, 0) is 11.6 Å². The first-order valence-corrected chi connectivity index (χ1v) is 6.71. The van der Waals surface area contributed by atoms with E-state index in [4.69, 9.17) is 0 Å². The number of hydrogen-bond donors (Lipinski definition) is 2. The van der Waals surface area contributed by atoms with Gasteiger partial charge in [-0.25, -0.2) is 14.8 Å². The predicted octanol–water partition coefficient (Wildman–Crippen LogP) is 2.49. The first-order chi connectivity index (χ1) is 9.95. The van der Waals surface area contributed by atoms with Gasteiger partial charge in [0.05, 0.1) is 18.1 Å². The lowest BCUT2D eigenvalue weighted by atomic mass is 9.96. The van der Waals surface area contributed by atoms with Crippen LogP contribution in [-0.2, 0) is 12.0 Å². The van der Waals surface area contributed by atoms with Gasteiger partial charge in [-0.2, -0.15) is 0 Å². The Bertz CT molecular complexity index is 590. The van der Waals surface area contributed by atoms with Crippen LogP contribution in [0.3, 0.4) is 0 Å². The Morgan fingerprint density at radius 2 is 1.90 bits per heavy atom. The molecule has 0 aromatic carbocycles. The molecule has 6 heteroatoms. The van der Waals surface area contributed by atoms with E-state index in [1.54, 1.807) is 24.8 Å². The summed E-state index contributed by atoms with van der Waals surface area (Å²) < 4.78 is 0. The molecule has 2 aromatic rings. The number of carbonyl (C=O) groups excluding carboxylic acids is 1. The summed E-state index contributed by atoms with van der Waals surface area (Å²) in [4.78, 5) is 24.3. The fraction of sp³-hybridized carbons (Fsp3) is 0.333. The minimum atomic E-state index is -0.300. The highest BCUT2D eigenvalue weighted by molar-refractivity contribution is 5.88. The van der Waals surface area contributed by atoms with Gasteiger partial charge < -0.3 is 10.6 Å². The molecule has 0 aliphatic heterocycles. The normalized spacial score (nSPS) is 11.0. The maximum Gasteiger partial charge on any atom is 0.319 e. The molecule has 0 radical (unpaired) electrons. The van der Waals surface area contributed by atoms with Crippen LogP contribution in [0.25, 0.3) is 0 Å². The van der Waals surface area contributed by atoms with E-state index < -0.39 is 0 Å². The number of pyridine rings is 1. The zero-order chi connectivity index (χ0) is 15.3. The van der Waals surface area contributed by atoms with Gasteiger partial charge in [0.15, 0.2) is 0 Å². The standard InChI is InChI=1S/C15H19N5O/c1-15(2,3)13-17-9-12(10-18-13)20-14(21)19-8-11-5-4-6-16-7-11/h4-7,9-10H,8H2,1-3H3,(H2,19,20,21). The molecule has 0 unspecified atom stereocenters. The quantitative estimate of drug-likeness (QED) is 0.908. The number of rotatable bonds is 3. The number of carbonyl (C=O) groups is 1. The van der Waals surface area contributed by atoms with Crippen LogP contribution >= 0.6 is 0 Å². The summed E-state index contributed by atoms with van der Waals surface area (Å²) in [7, 11) is 0. The smallest absolute Gasteiger partial charge is 0.319 e. The van der Waals surface area contributed by atoms with Gasteiger partial charge in [-0.1, -0.05) is 26.8 Å². The molecule has 2 amide bonds. The fourth-order valence-electron chi connectivity index (χ4n) is 1.64. The van der Waals surface area contributed by atoms with Crippen molar-refractivity contribution in [2.24, 2.45) is 0 Å². The third-order valence-corrected chi connectivity index (χ3v) is 2.76. The number of urea groups is 1. The van der Waals surface area contributed by atoms with E-state index in [1.165, 1.54) is 0 Å². The van der Waals surface area contributed by atoms with Crippen molar-refractivity contribution in [3.63, 3.8) is 0 Å². The molecule has 0 atom stereocenters. The van der Waals surface area contributed by atoms with Crippen LogP contribution in [0.15, 0.2) is 36.9 Å². The Morgan fingerprint density at radius 3 is 2.48 bits per heavy atom. The third-order valence-electron chi connectivity index (χ3n) is 2.76. The number of hydrogen-bond acceptors (Lipinski definition) is 4. The monoisotopic (exact) mass is 285 g/mol. The molecule has 2 N–H and O–H groups in total. The molecule has 0 aliphatic carbocycles. The van der Waals surface area contributed by atoms with Crippen molar-refractivity contribution in [3.8, 4) is 0 Å². The molecule has 0 saturated carbocycles. The zero-order valence-corrected chi connectivity index (χ0v) is 12.4. The Labute approximate surface area is 124 Å². The molecule has 110 valence electrons. The van der Waals surface area contributed by atoms with Crippen molar-refractivity contribution >= 4 is 11.7 Å². The van der Waals surface area contributed by atoms with Crippen molar-refractivity contribution < 1.29 is 4.79 Å². The van der Waals surface area contributed by atoms with Gasteiger partial charge in [0.25, 0.3) is 0 Å². The fourth-order valence-corrected chi connectivity index (χ4v) is 1.64. The Hall–Kier alpha value is -2.50. The predicted molar refractivity (Wildman–Crippen MR) is 80.8 cm³/mol. The SMILES string of the molecule is CC(C)(C)c1ncc(NC(=O)NCc2cccnc2)cn1. The lowest BCUT2D eigenvalue weighted by molar-refractivity contribution is 0.251. The number of nitrogens with one attached hydrogen (secondary N) is 2. The molecule has 0 spiro atoms. The number of anilines is 1. The van der Waals surface area contributed by atoms with Gasteiger partial charge in [-0.3, -0.25) is 4.98 Å². The maximum absolute atomic E-state index is 11.8. The van der Waals surface area contributed by atoms with Gasteiger partial charge in [0.1, 0.15) is 5.82 Å². The molecule has 21 heavy (non-hydrogen) atoms. The summed E-state index contributed by atoms with van der Waals surface area (Å²) >= 11 is 0. The largest absolute Gasteiger partial charge is 0.334 e. The molecule has 0 fully saturated rings. The summed E-state index contributed by atoms with van der Waals surface area (Å²) in [6.07, 6.45) is 6.62. The Balaban J connectivity index is 1.88. The molecular weight excluding hydrogens is 266 g/mol. The van der Waals surface area contributed by atoms with Crippen LogP contribution in [0.1, 0.15) is 32.2 Å². The molecule has 2 heterocycles. The average molecular weight is 285 g/mol. The summed E-state index contributed by atoms with van der Waals surface area (Å²) in [5.41, 5.74) is 1.39. The van der Waals surface area contributed by atoms with Gasteiger partial charge >= 0.3 is 6.03 Å². The summed E-state index contributed by atoms with van der Waals surface area (Å²) in [5.74, 6) is 0.740. The van der Waals surface area contributed by atoms with E-state index >= 15 is 0 Å². The molecular formula is C15H19N5O. The summed E-state index contributed by atoms with van der Waals surface area (Å²) in [6, 6.07) is 3.42. The topological polar surface area (TPSA) is 79.8 Å². The van der Waals surface area contributed by atoms with E-state index in [0.29, 0.717) is 12.2 Å². The number of amides is 2. The first kappa shape index (κ1) is 14.9. The van der Waals surface area contributed by atoms with E-state index in [9.17, 15) is 4.79 Å². The third kappa shape index (κ3) is 4.52. The van der Waals surface area contributed by atoms with Crippen LogP contribution in [-0.4, -0.2) is 21.0 Å². The number of aromatic nitrogens is 3. The first-order valence-electron chi connectivity index (χ1n) is 6.71. The lowest BCUT2D eigenvalue weighted by Crippen LogP contribution is -2.28. The van der Waals surface area contributed by atoms with E-state index in [0.717, 1.165) is 11.4 Å².